The van der Waals surface area contributed by atoms with Crippen LogP contribution in [0.25, 0.3) is 0 Å². The van der Waals surface area contributed by atoms with E-state index < -0.39 is 0 Å². The Bertz CT molecular complexity index is 396. The number of carbonyl (C=O) groups excluding carboxylic acids is 1. The molecule has 0 aromatic rings. The van der Waals surface area contributed by atoms with Gasteiger partial charge in [0, 0.05) is 6.42 Å². The van der Waals surface area contributed by atoms with Crippen LogP contribution in [0, 0.1) is 0 Å². The van der Waals surface area contributed by atoms with Gasteiger partial charge in [0.2, 0.25) is 0 Å². The summed E-state index contributed by atoms with van der Waals surface area (Å²) in [6, 6.07) is 0. The van der Waals surface area contributed by atoms with Crippen LogP contribution >= 0.6 is 0 Å². The second kappa shape index (κ2) is 28.9. The van der Waals surface area contributed by atoms with Crippen molar-refractivity contribution in [3.63, 3.8) is 0 Å². The summed E-state index contributed by atoms with van der Waals surface area (Å²) >= 11 is 0. The van der Waals surface area contributed by atoms with E-state index in [1.54, 1.807) is 0 Å². The topological polar surface area (TPSA) is 26.3 Å². The summed E-state index contributed by atoms with van der Waals surface area (Å²) < 4.78 is 5.12. The Balaban J connectivity index is 0. The summed E-state index contributed by atoms with van der Waals surface area (Å²) in [4.78, 5) is 11.3. The lowest BCUT2D eigenvalue weighted by Gasteiger charge is -2.07. The first kappa shape index (κ1) is 32.1. The molecule has 0 atom stereocenters. The van der Waals surface area contributed by atoms with E-state index in [4.69, 9.17) is 4.74 Å². The number of rotatable bonds is 20. The molecule has 0 amide bonds. The van der Waals surface area contributed by atoms with Crippen LogP contribution in [0.4, 0.5) is 0 Å². The highest BCUT2D eigenvalue weighted by atomic mass is 16.5. The van der Waals surface area contributed by atoms with E-state index in [1.165, 1.54) is 89.9 Å². The molecule has 0 spiro atoms. The highest BCUT2D eigenvalue weighted by molar-refractivity contribution is 5.69. The van der Waals surface area contributed by atoms with Gasteiger partial charge in [-0.15, -0.1) is 0 Å². The molecule has 0 aromatic carbocycles. The first-order valence-electron chi connectivity index (χ1n) is 13.6. The molecule has 0 N–H and O–H groups in total. The van der Waals surface area contributed by atoms with Crippen molar-refractivity contribution < 1.29 is 9.53 Å². The standard InChI is InChI=1S/C19H38O2.C10H18/c1-4-5-6-7-8-9-10-11-12-13-14-15-16-17-19(20)21-18(2)3;1-3-5-7-9-10-8-6-4-2/h18H,4-17H2,1-3H3;5,7-8,10H,3-4,6,9H2,1-2H3. The maximum absolute atomic E-state index is 11.3. The van der Waals surface area contributed by atoms with Crippen molar-refractivity contribution in [3.8, 4) is 0 Å². The average Bonchev–Trinajstić information content (AvgIpc) is 2.74. The zero-order chi connectivity index (χ0) is 23.4. The summed E-state index contributed by atoms with van der Waals surface area (Å²) in [6.07, 6.45) is 31.6. The highest BCUT2D eigenvalue weighted by Crippen LogP contribution is 2.13. The number of ether oxygens (including phenoxy) is 1. The molecule has 2 nitrogen and oxygen atoms in total. The maximum Gasteiger partial charge on any atom is 0.306 e. The molecule has 0 rings (SSSR count). The third-order valence-corrected chi connectivity index (χ3v) is 5.15. The van der Waals surface area contributed by atoms with Crippen molar-refractivity contribution >= 4 is 5.97 Å². The lowest BCUT2D eigenvalue weighted by atomic mass is 10.0. The van der Waals surface area contributed by atoms with Gasteiger partial charge in [-0.2, -0.15) is 0 Å². The summed E-state index contributed by atoms with van der Waals surface area (Å²) in [5.41, 5.74) is 0. The second-order valence-corrected chi connectivity index (χ2v) is 8.91. The van der Waals surface area contributed by atoms with Crippen LogP contribution in [0.5, 0.6) is 0 Å². The van der Waals surface area contributed by atoms with Crippen molar-refractivity contribution in [1.29, 1.82) is 0 Å². The molecule has 31 heavy (non-hydrogen) atoms. The molecule has 0 unspecified atom stereocenters. The molecule has 0 aliphatic carbocycles. The summed E-state index contributed by atoms with van der Waals surface area (Å²) in [5, 5.41) is 0. The van der Waals surface area contributed by atoms with E-state index in [-0.39, 0.29) is 12.1 Å². The largest absolute Gasteiger partial charge is 0.463 e. The Morgan fingerprint density at radius 1 is 0.645 bits per heavy atom. The number of unbranched alkanes of at least 4 members (excludes halogenated alkanes) is 13. The molecular weight excluding hydrogens is 380 g/mol. The quantitative estimate of drug-likeness (QED) is 0.108. The first-order valence-corrected chi connectivity index (χ1v) is 13.6. The summed E-state index contributed by atoms with van der Waals surface area (Å²) in [5.74, 6) is -0.0342. The molecule has 0 fully saturated rings. The van der Waals surface area contributed by atoms with E-state index in [0.717, 1.165) is 19.3 Å². The molecule has 0 saturated heterocycles. The molecule has 0 aliphatic heterocycles. The minimum Gasteiger partial charge on any atom is -0.463 e. The van der Waals surface area contributed by atoms with E-state index >= 15 is 0 Å². The maximum atomic E-state index is 11.3. The smallest absolute Gasteiger partial charge is 0.306 e. The van der Waals surface area contributed by atoms with Gasteiger partial charge in [0.05, 0.1) is 6.10 Å². The Morgan fingerprint density at radius 3 is 1.58 bits per heavy atom. The Labute approximate surface area is 196 Å². The van der Waals surface area contributed by atoms with Crippen LogP contribution in [0.3, 0.4) is 0 Å². The van der Waals surface area contributed by atoms with Crippen molar-refractivity contribution in [2.45, 2.75) is 156 Å². The number of hydrogen-bond donors (Lipinski definition) is 0. The van der Waals surface area contributed by atoms with Crippen LogP contribution < -0.4 is 0 Å². The summed E-state index contributed by atoms with van der Waals surface area (Å²) in [6.45, 7) is 10.4. The average molecular weight is 437 g/mol. The first-order chi connectivity index (χ1) is 15.1. The van der Waals surface area contributed by atoms with E-state index in [2.05, 4.69) is 45.1 Å². The molecule has 2 heteroatoms. The minimum atomic E-state index is -0.0342. The van der Waals surface area contributed by atoms with Gasteiger partial charge in [0.15, 0.2) is 0 Å². The zero-order valence-corrected chi connectivity index (χ0v) is 21.9. The number of esters is 1. The van der Waals surface area contributed by atoms with Crippen LogP contribution in [0.15, 0.2) is 24.3 Å². The fraction of sp³-hybridized carbons (Fsp3) is 0.828. The third-order valence-electron chi connectivity index (χ3n) is 5.15. The number of allylic oxidation sites excluding steroid dienone is 4. The molecule has 0 saturated carbocycles. The van der Waals surface area contributed by atoms with Gasteiger partial charge >= 0.3 is 5.97 Å². The van der Waals surface area contributed by atoms with Gasteiger partial charge in [-0.05, 0) is 39.5 Å². The molecule has 184 valence electrons. The molecule has 0 radical (unpaired) electrons. The lowest BCUT2D eigenvalue weighted by Crippen LogP contribution is -2.10. The lowest BCUT2D eigenvalue weighted by molar-refractivity contribution is -0.147. The monoisotopic (exact) mass is 436 g/mol. The van der Waals surface area contributed by atoms with E-state index in [0.29, 0.717) is 6.42 Å². The van der Waals surface area contributed by atoms with Gasteiger partial charge in [-0.1, -0.05) is 129 Å². The minimum absolute atomic E-state index is 0.0273. The van der Waals surface area contributed by atoms with Gasteiger partial charge in [0.1, 0.15) is 0 Å². The number of hydrogen-bond acceptors (Lipinski definition) is 2. The zero-order valence-electron chi connectivity index (χ0n) is 21.9. The van der Waals surface area contributed by atoms with Crippen LogP contribution in [0.2, 0.25) is 0 Å². The van der Waals surface area contributed by atoms with Gasteiger partial charge < -0.3 is 4.74 Å². The molecule has 0 aliphatic rings. The van der Waals surface area contributed by atoms with E-state index in [1.807, 2.05) is 13.8 Å². The SMILES string of the molecule is CCC=CCC=CCCC.CCCCCCCCCCCCCCCC(=O)OC(C)C. The summed E-state index contributed by atoms with van der Waals surface area (Å²) in [7, 11) is 0. The van der Waals surface area contributed by atoms with Crippen LogP contribution in [-0.4, -0.2) is 12.1 Å². The molecular formula is C29H56O2. The molecule has 0 heterocycles. The normalized spacial score (nSPS) is 11.3. The van der Waals surface area contributed by atoms with Crippen LogP contribution in [0.1, 0.15) is 150 Å². The van der Waals surface area contributed by atoms with Crippen molar-refractivity contribution in [2.24, 2.45) is 0 Å². The van der Waals surface area contributed by atoms with Crippen molar-refractivity contribution in [3.05, 3.63) is 24.3 Å². The third kappa shape index (κ3) is 33.8. The van der Waals surface area contributed by atoms with Crippen molar-refractivity contribution in [1.82, 2.24) is 0 Å². The molecule has 0 bridgehead atoms. The van der Waals surface area contributed by atoms with Gasteiger partial charge in [-0.25, -0.2) is 0 Å². The Morgan fingerprint density at radius 2 is 1.13 bits per heavy atom. The predicted octanol–water partition coefficient (Wildman–Crippen LogP) is 10.1. The highest BCUT2D eigenvalue weighted by Gasteiger charge is 2.04. The van der Waals surface area contributed by atoms with Crippen LogP contribution in [-0.2, 0) is 9.53 Å². The second-order valence-electron chi connectivity index (χ2n) is 8.91. The Kier molecular flexibility index (Phi) is 30.0. The predicted molar refractivity (Wildman–Crippen MR) is 140 cm³/mol. The van der Waals surface area contributed by atoms with Gasteiger partial charge in [0.25, 0.3) is 0 Å². The fourth-order valence-electron chi connectivity index (χ4n) is 3.33. The van der Waals surface area contributed by atoms with E-state index in [9.17, 15) is 4.79 Å². The fourth-order valence-corrected chi connectivity index (χ4v) is 3.33. The van der Waals surface area contributed by atoms with Crippen molar-refractivity contribution in [2.75, 3.05) is 0 Å². The van der Waals surface area contributed by atoms with Gasteiger partial charge in [-0.3, -0.25) is 4.79 Å². The number of carbonyl (C=O) groups is 1. The Hall–Kier alpha value is -1.05. The molecule has 0 aromatic heterocycles.